The highest BCUT2D eigenvalue weighted by Gasteiger charge is 2.13. The Balaban J connectivity index is 1.37. The molecule has 0 aliphatic heterocycles. The van der Waals surface area contributed by atoms with Crippen LogP contribution in [0, 0.1) is 19.7 Å². The first-order chi connectivity index (χ1) is 15.9. The second-order valence-electron chi connectivity index (χ2n) is 7.81. The van der Waals surface area contributed by atoms with E-state index in [1.165, 1.54) is 12.1 Å². The molecule has 168 valence electrons. The summed E-state index contributed by atoms with van der Waals surface area (Å²) in [6, 6.07) is 19.6. The molecule has 5 nitrogen and oxygen atoms in total. The van der Waals surface area contributed by atoms with Crippen molar-refractivity contribution >= 4 is 27.7 Å². The quantitative estimate of drug-likeness (QED) is 0.320. The van der Waals surface area contributed by atoms with E-state index in [-0.39, 0.29) is 11.7 Å². The number of benzene rings is 3. The van der Waals surface area contributed by atoms with Gasteiger partial charge in [0.2, 0.25) is 0 Å². The van der Waals surface area contributed by atoms with Crippen LogP contribution in [0.15, 0.2) is 77.4 Å². The lowest BCUT2D eigenvalue weighted by atomic mass is 10.1. The fraction of sp³-hybridized carbons (Fsp3) is 0.154. The largest absolute Gasteiger partial charge is 0.488 e. The van der Waals surface area contributed by atoms with Crippen LogP contribution >= 0.6 is 15.9 Å². The van der Waals surface area contributed by atoms with Crippen LogP contribution in [0.5, 0.6) is 5.75 Å². The third kappa shape index (κ3) is 5.68. The number of ether oxygens (including phenoxy) is 1. The molecule has 0 unspecified atom stereocenters. The summed E-state index contributed by atoms with van der Waals surface area (Å²) < 4.78 is 21.4. The lowest BCUT2D eigenvalue weighted by molar-refractivity contribution is 0.102. The molecule has 0 aliphatic rings. The molecule has 0 spiro atoms. The molecule has 0 aliphatic carbocycles. The van der Waals surface area contributed by atoms with E-state index < -0.39 is 0 Å². The Kier molecular flexibility index (Phi) is 6.89. The topological polar surface area (TPSA) is 56.1 Å². The first-order valence-electron chi connectivity index (χ1n) is 10.5. The highest BCUT2D eigenvalue weighted by atomic mass is 79.9. The van der Waals surface area contributed by atoms with Crippen molar-refractivity contribution < 1.29 is 13.9 Å². The standard InChI is InChI=1S/C26H23BrFN3O2/c1-17-4-3-5-18(2)24(17)33-16-20-6-10-21(11-7-20)26(32)29-25-23(27)15-31(30-25)14-19-8-12-22(28)13-9-19/h3-13,15H,14,16H2,1-2H3,(H,29,30,32). The molecular weight excluding hydrogens is 485 g/mol. The van der Waals surface area contributed by atoms with Crippen LogP contribution in [0.3, 0.4) is 0 Å². The van der Waals surface area contributed by atoms with Crippen molar-refractivity contribution in [2.45, 2.75) is 27.0 Å². The molecule has 0 fully saturated rings. The van der Waals surface area contributed by atoms with Gasteiger partial charge in [0, 0.05) is 11.8 Å². The Labute approximate surface area is 200 Å². The van der Waals surface area contributed by atoms with E-state index in [1.54, 1.807) is 35.1 Å². The zero-order chi connectivity index (χ0) is 23.4. The predicted octanol–water partition coefficient (Wildman–Crippen LogP) is 6.28. The van der Waals surface area contributed by atoms with Gasteiger partial charge in [-0.3, -0.25) is 9.48 Å². The molecule has 7 heteroatoms. The normalized spacial score (nSPS) is 10.8. The number of nitrogens with one attached hydrogen (secondary N) is 1. The van der Waals surface area contributed by atoms with Crippen LogP contribution in [-0.4, -0.2) is 15.7 Å². The number of aromatic nitrogens is 2. The Bertz CT molecular complexity index is 1250. The van der Waals surface area contributed by atoms with Crippen molar-refractivity contribution in [1.29, 1.82) is 0 Å². The first kappa shape index (κ1) is 22.7. The van der Waals surface area contributed by atoms with Gasteiger partial charge in [0.15, 0.2) is 5.82 Å². The molecule has 3 aromatic carbocycles. The van der Waals surface area contributed by atoms with E-state index in [0.29, 0.717) is 29.0 Å². The van der Waals surface area contributed by atoms with Crippen molar-refractivity contribution in [2.24, 2.45) is 0 Å². The fourth-order valence-corrected chi connectivity index (χ4v) is 3.87. The van der Waals surface area contributed by atoms with E-state index >= 15 is 0 Å². The lowest BCUT2D eigenvalue weighted by Gasteiger charge is -2.12. The summed E-state index contributed by atoms with van der Waals surface area (Å²) in [4.78, 5) is 12.7. The predicted molar refractivity (Wildman–Crippen MR) is 130 cm³/mol. The monoisotopic (exact) mass is 507 g/mol. The molecule has 0 atom stereocenters. The van der Waals surface area contributed by atoms with Crippen LogP contribution in [0.1, 0.15) is 32.6 Å². The van der Waals surface area contributed by atoms with E-state index in [0.717, 1.165) is 28.0 Å². The second-order valence-corrected chi connectivity index (χ2v) is 8.66. The Morgan fingerprint density at radius 1 is 1.00 bits per heavy atom. The second kappa shape index (κ2) is 10.0. The number of halogens is 2. The first-order valence-corrected chi connectivity index (χ1v) is 11.2. The number of carbonyl (C=O) groups excluding carboxylic acids is 1. The summed E-state index contributed by atoms with van der Waals surface area (Å²) in [5.41, 5.74) is 4.58. The van der Waals surface area contributed by atoms with Gasteiger partial charge in [-0.05, 0) is 76.3 Å². The minimum atomic E-state index is -0.281. The zero-order valence-electron chi connectivity index (χ0n) is 18.3. The highest BCUT2D eigenvalue weighted by molar-refractivity contribution is 9.10. The van der Waals surface area contributed by atoms with Gasteiger partial charge in [0.05, 0.1) is 11.0 Å². The van der Waals surface area contributed by atoms with Crippen molar-refractivity contribution in [3.05, 3.63) is 111 Å². The van der Waals surface area contributed by atoms with Gasteiger partial charge < -0.3 is 10.1 Å². The summed E-state index contributed by atoms with van der Waals surface area (Å²) in [6.45, 7) is 4.93. The molecule has 1 N–H and O–H groups in total. The zero-order valence-corrected chi connectivity index (χ0v) is 19.9. The van der Waals surface area contributed by atoms with E-state index in [4.69, 9.17) is 4.74 Å². The van der Waals surface area contributed by atoms with E-state index in [9.17, 15) is 9.18 Å². The van der Waals surface area contributed by atoms with Crippen LogP contribution in [0.4, 0.5) is 10.2 Å². The number of rotatable bonds is 7. The van der Waals surface area contributed by atoms with Crippen molar-refractivity contribution in [2.75, 3.05) is 5.32 Å². The maximum Gasteiger partial charge on any atom is 0.256 e. The van der Waals surface area contributed by atoms with Gasteiger partial charge in [0.25, 0.3) is 5.91 Å². The summed E-state index contributed by atoms with van der Waals surface area (Å²) >= 11 is 3.43. The van der Waals surface area contributed by atoms with Gasteiger partial charge in [-0.2, -0.15) is 5.10 Å². The van der Waals surface area contributed by atoms with Crippen LogP contribution < -0.4 is 10.1 Å². The molecular formula is C26H23BrFN3O2. The molecule has 1 heterocycles. The maximum absolute atomic E-state index is 13.1. The third-order valence-electron chi connectivity index (χ3n) is 5.21. The van der Waals surface area contributed by atoms with Crippen molar-refractivity contribution in [3.8, 4) is 5.75 Å². The number of amides is 1. The molecule has 0 radical (unpaired) electrons. The van der Waals surface area contributed by atoms with Crippen LogP contribution in [0.25, 0.3) is 0 Å². The average Bonchev–Trinajstić information content (AvgIpc) is 3.13. The number of aryl methyl sites for hydroxylation is 2. The molecule has 1 aromatic heterocycles. The number of carbonyl (C=O) groups is 1. The molecule has 0 bridgehead atoms. The van der Waals surface area contributed by atoms with E-state index in [2.05, 4.69) is 26.3 Å². The van der Waals surface area contributed by atoms with Gasteiger partial charge in [-0.1, -0.05) is 42.5 Å². The van der Waals surface area contributed by atoms with Crippen molar-refractivity contribution in [3.63, 3.8) is 0 Å². The summed E-state index contributed by atoms with van der Waals surface area (Å²) in [5, 5.41) is 7.24. The van der Waals surface area contributed by atoms with Crippen LogP contribution in [0.2, 0.25) is 0 Å². The molecule has 4 aromatic rings. The SMILES string of the molecule is Cc1cccc(C)c1OCc1ccc(C(=O)Nc2nn(Cc3ccc(F)cc3)cc2Br)cc1. The maximum atomic E-state index is 13.1. The summed E-state index contributed by atoms with van der Waals surface area (Å²) in [5.74, 6) is 0.770. The van der Waals surface area contributed by atoms with E-state index in [1.807, 2.05) is 44.2 Å². The summed E-state index contributed by atoms with van der Waals surface area (Å²) in [6.07, 6.45) is 1.77. The molecule has 4 rings (SSSR count). The van der Waals surface area contributed by atoms with Gasteiger partial charge in [0.1, 0.15) is 18.2 Å². The minimum Gasteiger partial charge on any atom is -0.488 e. The fourth-order valence-electron chi connectivity index (χ4n) is 3.45. The number of nitrogens with zero attached hydrogens (tertiary/aromatic N) is 2. The Morgan fingerprint density at radius 3 is 2.30 bits per heavy atom. The smallest absolute Gasteiger partial charge is 0.256 e. The lowest BCUT2D eigenvalue weighted by Crippen LogP contribution is -2.13. The number of para-hydroxylation sites is 1. The average molecular weight is 508 g/mol. The minimum absolute atomic E-state index is 0.259. The molecule has 1 amide bonds. The molecule has 0 saturated heterocycles. The molecule has 0 saturated carbocycles. The van der Waals surface area contributed by atoms with Gasteiger partial charge >= 0.3 is 0 Å². The van der Waals surface area contributed by atoms with Crippen LogP contribution in [-0.2, 0) is 13.2 Å². The number of hydrogen-bond donors (Lipinski definition) is 1. The summed E-state index contributed by atoms with van der Waals surface area (Å²) in [7, 11) is 0. The molecule has 33 heavy (non-hydrogen) atoms. The Hall–Kier alpha value is -3.45. The van der Waals surface area contributed by atoms with Gasteiger partial charge in [-0.15, -0.1) is 0 Å². The Morgan fingerprint density at radius 2 is 1.64 bits per heavy atom. The third-order valence-corrected chi connectivity index (χ3v) is 5.80. The highest BCUT2D eigenvalue weighted by Crippen LogP contribution is 2.24. The number of hydrogen-bond acceptors (Lipinski definition) is 3. The van der Waals surface area contributed by atoms with Crippen molar-refractivity contribution in [1.82, 2.24) is 9.78 Å². The van der Waals surface area contributed by atoms with Gasteiger partial charge in [-0.25, -0.2) is 4.39 Å². The number of anilines is 1.